The minimum atomic E-state index is -1.65. The SMILES string of the molecule is O=c1cnc2cccc(OC[C@]3(O)CCN(c4c(F)cc(Cl)cc4F)C[C@H]3O)c2[nH]1. The van der Waals surface area contributed by atoms with Crippen molar-refractivity contribution in [2.75, 3.05) is 24.6 Å². The summed E-state index contributed by atoms with van der Waals surface area (Å²) >= 11 is 5.65. The van der Waals surface area contributed by atoms with Gasteiger partial charge in [0.15, 0.2) is 11.6 Å². The molecular formula is C20H18ClF2N3O4. The number of aliphatic hydroxyl groups is 2. The Bertz CT molecular complexity index is 1140. The molecule has 1 aliphatic heterocycles. The van der Waals surface area contributed by atoms with Gasteiger partial charge in [0.25, 0.3) is 5.56 Å². The van der Waals surface area contributed by atoms with Crippen LogP contribution >= 0.6 is 11.6 Å². The Morgan fingerprint density at radius 2 is 2.07 bits per heavy atom. The number of ether oxygens (including phenoxy) is 1. The van der Waals surface area contributed by atoms with Gasteiger partial charge in [-0.05, 0) is 30.7 Å². The van der Waals surface area contributed by atoms with Crippen LogP contribution in [0.1, 0.15) is 6.42 Å². The Labute approximate surface area is 174 Å². The minimum absolute atomic E-state index is 0.00475. The minimum Gasteiger partial charge on any atom is -0.488 e. The predicted octanol–water partition coefficient (Wildman–Crippen LogP) is 2.24. The van der Waals surface area contributed by atoms with Crippen molar-refractivity contribution in [1.82, 2.24) is 9.97 Å². The van der Waals surface area contributed by atoms with Gasteiger partial charge in [0.05, 0.1) is 11.7 Å². The predicted molar refractivity (Wildman–Crippen MR) is 107 cm³/mol. The maximum atomic E-state index is 14.2. The van der Waals surface area contributed by atoms with Crippen molar-refractivity contribution in [2.45, 2.75) is 18.1 Å². The molecule has 2 aromatic carbocycles. The number of β-amino-alcohol motifs (C(OH)–C–C–N with tert-alkyl or cyclic N) is 1. The van der Waals surface area contributed by atoms with Gasteiger partial charge in [-0.15, -0.1) is 0 Å². The Hall–Kier alpha value is -2.75. The van der Waals surface area contributed by atoms with Crippen LogP contribution in [0, 0.1) is 11.6 Å². The third-order valence-electron chi connectivity index (χ3n) is 5.18. The summed E-state index contributed by atoms with van der Waals surface area (Å²) in [5, 5.41) is 21.3. The number of rotatable bonds is 4. The molecule has 158 valence electrons. The highest BCUT2D eigenvalue weighted by molar-refractivity contribution is 6.30. The smallest absolute Gasteiger partial charge is 0.266 e. The van der Waals surface area contributed by atoms with E-state index in [1.54, 1.807) is 18.2 Å². The third-order valence-corrected chi connectivity index (χ3v) is 5.40. The van der Waals surface area contributed by atoms with E-state index < -0.39 is 28.9 Å². The van der Waals surface area contributed by atoms with Gasteiger partial charge in [0.2, 0.25) is 0 Å². The molecule has 2 atom stereocenters. The van der Waals surface area contributed by atoms with Crippen LogP contribution in [0.4, 0.5) is 14.5 Å². The number of anilines is 1. The average Bonchev–Trinajstić information content (AvgIpc) is 2.68. The molecule has 1 aliphatic rings. The molecule has 4 rings (SSSR count). The topological polar surface area (TPSA) is 98.7 Å². The standard InChI is InChI=1S/C20H18ClF2N3O4/c21-11-6-12(22)19(13(23)7-11)26-5-4-20(29,16(27)9-26)10-30-15-3-1-2-14-18(15)25-17(28)8-24-14/h1-3,6-8,16,27,29H,4-5,9-10H2,(H,25,28)/t16-,20-/m1/s1. The van der Waals surface area contributed by atoms with Gasteiger partial charge in [0.1, 0.15) is 35.3 Å². The van der Waals surface area contributed by atoms with Crippen LogP contribution in [0.15, 0.2) is 41.3 Å². The molecule has 10 heteroatoms. The zero-order valence-corrected chi connectivity index (χ0v) is 16.4. The average molecular weight is 438 g/mol. The number of aliphatic hydroxyl groups excluding tert-OH is 1. The van der Waals surface area contributed by atoms with Crippen LogP contribution in [-0.2, 0) is 0 Å². The summed E-state index contributed by atoms with van der Waals surface area (Å²) < 4.78 is 34.1. The van der Waals surface area contributed by atoms with Crippen LogP contribution in [0.5, 0.6) is 5.75 Å². The zero-order chi connectivity index (χ0) is 21.5. The van der Waals surface area contributed by atoms with Crippen LogP contribution in [0.2, 0.25) is 5.02 Å². The zero-order valence-electron chi connectivity index (χ0n) is 15.6. The van der Waals surface area contributed by atoms with E-state index in [0.29, 0.717) is 11.0 Å². The fraction of sp³-hybridized carbons (Fsp3) is 0.300. The maximum Gasteiger partial charge on any atom is 0.266 e. The number of H-pyrrole nitrogens is 1. The number of fused-ring (bicyclic) bond motifs is 1. The maximum absolute atomic E-state index is 14.2. The lowest BCUT2D eigenvalue weighted by atomic mass is 9.89. The van der Waals surface area contributed by atoms with Gasteiger partial charge in [-0.25, -0.2) is 13.8 Å². The summed E-state index contributed by atoms with van der Waals surface area (Å²) in [7, 11) is 0. The van der Waals surface area contributed by atoms with E-state index in [1.807, 2.05) is 0 Å². The molecule has 1 aromatic heterocycles. The second-order valence-corrected chi connectivity index (χ2v) is 7.66. The number of hydrogen-bond donors (Lipinski definition) is 3. The number of aromatic nitrogens is 2. The van der Waals surface area contributed by atoms with Gasteiger partial charge < -0.3 is 24.8 Å². The lowest BCUT2D eigenvalue weighted by Gasteiger charge is -2.42. The molecule has 0 aliphatic carbocycles. The van der Waals surface area contributed by atoms with Crippen molar-refractivity contribution in [3.63, 3.8) is 0 Å². The fourth-order valence-corrected chi connectivity index (χ4v) is 3.72. The second-order valence-electron chi connectivity index (χ2n) is 7.22. The monoisotopic (exact) mass is 437 g/mol. The van der Waals surface area contributed by atoms with Crippen LogP contribution < -0.4 is 15.2 Å². The van der Waals surface area contributed by atoms with Crippen molar-refractivity contribution < 1.29 is 23.7 Å². The van der Waals surface area contributed by atoms with Gasteiger partial charge >= 0.3 is 0 Å². The molecule has 1 fully saturated rings. The van der Waals surface area contributed by atoms with E-state index >= 15 is 0 Å². The second kappa shape index (κ2) is 7.82. The Morgan fingerprint density at radius 3 is 2.77 bits per heavy atom. The van der Waals surface area contributed by atoms with E-state index in [2.05, 4.69) is 9.97 Å². The first-order chi connectivity index (χ1) is 14.3. The molecule has 1 saturated heterocycles. The Kier molecular flexibility index (Phi) is 5.35. The Morgan fingerprint density at radius 1 is 1.33 bits per heavy atom. The molecular weight excluding hydrogens is 420 g/mol. The van der Waals surface area contributed by atoms with Crippen molar-refractivity contribution in [3.05, 3.63) is 63.5 Å². The lowest BCUT2D eigenvalue weighted by Crippen LogP contribution is -2.58. The highest BCUT2D eigenvalue weighted by atomic mass is 35.5. The van der Waals surface area contributed by atoms with E-state index in [0.717, 1.165) is 18.3 Å². The van der Waals surface area contributed by atoms with Crippen molar-refractivity contribution in [3.8, 4) is 5.75 Å². The fourth-order valence-electron chi connectivity index (χ4n) is 3.53. The molecule has 30 heavy (non-hydrogen) atoms. The third kappa shape index (κ3) is 3.83. The van der Waals surface area contributed by atoms with E-state index in [9.17, 15) is 23.8 Å². The molecule has 0 unspecified atom stereocenters. The number of para-hydroxylation sites is 1. The number of nitrogens with zero attached hydrogens (tertiary/aromatic N) is 2. The summed E-state index contributed by atoms with van der Waals surface area (Å²) in [5.41, 5.74) is -1.49. The number of aromatic amines is 1. The molecule has 7 nitrogen and oxygen atoms in total. The highest BCUT2D eigenvalue weighted by Gasteiger charge is 2.42. The first-order valence-corrected chi connectivity index (χ1v) is 9.55. The van der Waals surface area contributed by atoms with Crippen molar-refractivity contribution >= 4 is 28.3 Å². The number of benzene rings is 2. The number of piperidine rings is 1. The van der Waals surface area contributed by atoms with Crippen molar-refractivity contribution in [1.29, 1.82) is 0 Å². The summed E-state index contributed by atoms with van der Waals surface area (Å²) in [6.07, 6.45) is -0.198. The van der Waals surface area contributed by atoms with Gasteiger partial charge in [-0.1, -0.05) is 17.7 Å². The van der Waals surface area contributed by atoms with Gasteiger partial charge in [-0.2, -0.15) is 0 Å². The van der Waals surface area contributed by atoms with Crippen molar-refractivity contribution in [2.24, 2.45) is 0 Å². The normalized spacial score (nSPS) is 21.8. The number of hydrogen-bond acceptors (Lipinski definition) is 6. The highest BCUT2D eigenvalue weighted by Crippen LogP contribution is 2.33. The quantitative estimate of drug-likeness (QED) is 0.579. The summed E-state index contributed by atoms with van der Waals surface area (Å²) in [6, 6.07) is 6.95. The number of halogens is 3. The first kappa shape index (κ1) is 20.5. The van der Waals surface area contributed by atoms with E-state index in [4.69, 9.17) is 16.3 Å². The summed E-state index contributed by atoms with van der Waals surface area (Å²) in [5.74, 6) is -1.40. The molecule has 3 aromatic rings. The largest absolute Gasteiger partial charge is 0.488 e. The van der Waals surface area contributed by atoms with Crippen LogP contribution in [0.3, 0.4) is 0 Å². The van der Waals surface area contributed by atoms with E-state index in [-0.39, 0.29) is 42.6 Å². The summed E-state index contributed by atoms with van der Waals surface area (Å²) in [4.78, 5) is 19.5. The molecule has 2 heterocycles. The molecule has 0 saturated carbocycles. The molecule has 0 amide bonds. The molecule has 0 spiro atoms. The van der Waals surface area contributed by atoms with Crippen LogP contribution in [0.25, 0.3) is 11.0 Å². The van der Waals surface area contributed by atoms with Gasteiger partial charge in [0, 0.05) is 18.1 Å². The Balaban J connectivity index is 1.51. The molecule has 0 radical (unpaired) electrons. The lowest BCUT2D eigenvalue weighted by molar-refractivity contribution is -0.108. The first-order valence-electron chi connectivity index (χ1n) is 9.17. The number of nitrogens with one attached hydrogen (secondary N) is 1. The molecule has 0 bridgehead atoms. The van der Waals surface area contributed by atoms with E-state index in [1.165, 1.54) is 4.90 Å². The van der Waals surface area contributed by atoms with Crippen LogP contribution in [-0.4, -0.2) is 51.6 Å². The molecule has 3 N–H and O–H groups in total. The van der Waals surface area contributed by atoms with Gasteiger partial charge in [-0.3, -0.25) is 4.79 Å². The summed E-state index contributed by atoms with van der Waals surface area (Å²) in [6.45, 7) is -0.410.